The van der Waals surface area contributed by atoms with Crippen molar-refractivity contribution < 1.29 is 9.21 Å². The van der Waals surface area contributed by atoms with Crippen LogP contribution in [0.4, 0.5) is 6.01 Å². The Kier molecular flexibility index (Phi) is 3.26. The number of amides is 1. The minimum absolute atomic E-state index is 0.125. The number of aromatic nitrogens is 3. The van der Waals surface area contributed by atoms with E-state index in [4.69, 9.17) is 10.2 Å². The van der Waals surface area contributed by atoms with Crippen LogP contribution < -0.4 is 11.1 Å². The van der Waals surface area contributed by atoms with E-state index in [9.17, 15) is 4.79 Å². The van der Waals surface area contributed by atoms with E-state index in [-0.39, 0.29) is 11.9 Å². The molecule has 0 bridgehead atoms. The van der Waals surface area contributed by atoms with Gasteiger partial charge in [0.05, 0.1) is 5.01 Å². The van der Waals surface area contributed by atoms with Crippen LogP contribution >= 0.6 is 11.3 Å². The summed E-state index contributed by atoms with van der Waals surface area (Å²) in [6.45, 7) is 0.517. The van der Waals surface area contributed by atoms with E-state index in [0.29, 0.717) is 30.5 Å². The van der Waals surface area contributed by atoms with E-state index < -0.39 is 0 Å². The zero-order chi connectivity index (χ0) is 13.2. The van der Waals surface area contributed by atoms with Gasteiger partial charge in [-0.1, -0.05) is 5.10 Å². The van der Waals surface area contributed by atoms with Crippen molar-refractivity contribution in [3.63, 3.8) is 0 Å². The second-order valence-corrected chi connectivity index (χ2v) is 5.28. The van der Waals surface area contributed by atoms with Gasteiger partial charge in [0, 0.05) is 17.7 Å². The van der Waals surface area contributed by atoms with Crippen molar-refractivity contribution in [1.29, 1.82) is 0 Å². The maximum atomic E-state index is 11.9. The highest BCUT2D eigenvalue weighted by molar-refractivity contribution is 7.09. The fourth-order valence-corrected chi connectivity index (χ4v) is 2.39. The van der Waals surface area contributed by atoms with Gasteiger partial charge < -0.3 is 10.2 Å². The summed E-state index contributed by atoms with van der Waals surface area (Å²) in [6.07, 6.45) is 2.82. The van der Waals surface area contributed by atoms with Gasteiger partial charge in [-0.05, 0) is 19.4 Å². The third-order valence-corrected chi connectivity index (χ3v) is 3.64. The first kappa shape index (κ1) is 12.2. The van der Waals surface area contributed by atoms with Crippen LogP contribution in [-0.2, 0) is 6.42 Å². The first-order chi connectivity index (χ1) is 9.26. The number of thiazole rings is 1. The molecule has 1 fully saturated rings. The molecule has 0 atom stereocenters. The Morgan fingerprint density at radius 3 is 3.11 bits per heavy atom. The number of hydrogen-bond acceptors (Lipinski definition) is 7. The van der Waals surface area contributed by atoms with Gasteiger partial charge in [0.1, 0.15) is 5.69 Å². The van der Waals surface area contributed by atoms with Crippen molar-refractivity contribution in [3.8, 4) is 0 Å². The van der Waals surface area contributed by atoms with E-state index in [0.717, 1.165) is 17.8 Å². The van der Waals surface area contributed by atoms with Crippen LogP contribution in [0.3, 0.4) is 0 Å². The van der Waals surface area contributed by atoms with Gasteiger partial charge in [-0.2, -0.15) is 0 Å². The molecular weight excluding hydrogens is 266 g/mol. The van der Waals surface area contributed by atoms with Gasteiger partial charge in [-0.15, -0.1) is 16.4 Å². The fraction of sp³-hybridized carbons (Fsp3) is 0.455. The van der Waals surface area contributed by atoms with Crippen molar-refractivity contribution in [2.75, 3.05) is 11.9 Å². The van der Waals surface area contributed by atoms with E-state index >= 15 is 0 Å². The predicted octanol–water partition coefficient (Wildman–Crippen LogP) is 1.16. The first-order valence-corrected chi connectivity index (χ1v) is 6.93. The smallest absolute Gasteiger partial charge is 0.322 e. The fourth-order valence-electron chi connectivity index (χ4n) is 1.59. The van der Waals surface area contributed by atoms with Gasteiger partial charge in [0.25, 0.3) is 5.91 Å². The third-order valence-electron chi connectivity index (χ3n) is 2.73. The van der Waals surface area contributed by atoms with Crippen molar-refractivity contribution in [1.82, 2.24) is 15.2 Å². The molecule has 19 heavy (non-hydrogen) atoms. The molecule has 2 aromatic heterocycles. The van der Waals surface area contributed by atoms with Crippen LogP contribution in [-0.4, -0.2) is 27.6 Å². The summed E-state index contributed by atoms with van der Waals surface area (Å²) in [5, 5.41) is 12.8. The average molecular weight is 279 g/mol. The molecule has 7 nitrogen and oxygen atoms in total. The molecule has 0 unspecified atom stereocenters. The lowest BCUT2D eigenvalue weighted by Gasteiger charge is -1.95. The Balaban J connectivity index is 1.65. The molecule has 1 amide bonds. The summed E-state index contributed by atoms with van der Waals surface area (Å²) in [4.78, 5) is 16.1. The Bertz CT molecular complexity index is 589. The lowest BCUT2D eigenvalue weighted by molar-refractivity contribution is 0.101. The normalized spacial score (nSPS) is 14.6. The van der Waals surface area contributed by atoms with Crippen LogP contribution in [0.1, 0.15) is 40.1 Å². The molecule has 0 saturated heterocycles. The molecule has 0 aliphatic heterocycles. The largest absolute Gasteiger partial charge is 0.408 e. The van der Waals surface area contributed by atoms with E-state index in [1.165, 1.54) is 11.3 Å². The number of nitrogens with one attached hydrogen (secondary N) is 1. The summed E-state index contributed by atoms with van der Waals surface area (Å²) < 4.78 is 5.36. The average Bonchev–Trinajstić information content (AvgIpc) is 2.96. The highest BCUT2D eigenvalue weighted by atomic mass is 32.1. The number of hydrogen-bond donors (Lipinski definition) is 2. The molecule has 1 aliphatic rings. The van der Waals surface area contributed by atoms with Crippen molar-refractivity contribution in [2.45, 2.75) is 25.2 Å². The van der Waals surface area contributed by atoms with E-state index in [1.54, 1.807) is 5.38 Å². The Morgan fingerprint density at radius 2 is 2.37 bits per heavy atom. The molecule has 0 radical (unpaired) electrons. The molecule has 100 valence electrons. The number of nitrogens with two attached hydrogens (primary N) is 1. The Labute approximate surface area is 113 Å². The van der Waals surface area contributed by atoms with Gasteiger partial charge in [0.15, 0.2) is 0 Å². The minimum Gasteiger partial charge on any atom is -0.408 e. The molecule has 0 spiro atoms. The van der Waals surface area contributed by atoms with Gasteiger partial charge in [-0.25, -0.2) is 4.98 Å². The number of nitrogens with zero attached hydrogens (tertiary/aromatic N) is 3. The quantitative estimate of drug-likeness (QED) is 0.850. The lowest BCUT2D eigenvalue weighted by Crippen LogP contribution is -2.13. The number of carbonyl (C=O) groups excluding carboxylic acids is 1. The van der Waals surface area contributed by atoms with Crippen LogP contribution in [0, 0.1) is 0 Å². The predicted molar refractivity (Wildman–Crippen MR) is 69.1 cm³/mol. The molecule has 3 rings (SSSR count). The molecule has 3 N–H and O–H groups in total. The monoisotopic (exact) mass is 279 g/mol. The Morgan fingerprint density at radius 1 is 1.53 bits per heavy atom. The molecule has 2 aromatic rings. The maximum Gasteiger partial charge on any atom is 0.322 e. The summed E-state index contributed by atoms with van der Waals surface area (Å²) >= 11 is 1.41. The second-order valence-electron chi connectivity index (χ2n) is 4.34. The van der Waals surface area contributed by atoms with Crippen molar-refractivity contribution in [2.24, 2.45) is 5.73 Å². The molecule has 0 aromatic carbocycles. The van der Waals surface area contributed by atoms with Crippen LogP contribution in [0.15, 0.2) is 9.80 Å². The van der Waals surface area contributed by atoms with Gasteiger partial charge in [0.2, 0.25) is 5.89 Å². The summed E-state index contributed by atoms with van der Waals surface area (Å²) in [5.41, 5.74) is 5.79. The summed E-state index contributed by atoms with van der Waals surface area (Å²) in [5.74, 6) is 0.622. The summed E-state index contributed by atoms with van der Waals surface area (Å²) in [6, 6.07) is 0.125. The topological polar surface area (TPSA) is 107 Å². The lowest BCUT2D eigenvalue weighted by atomic mass is 10.4. The number of rotatable bonds is 5. The van der Waals surface area contributed by atoms with E-state index in [1.807, 2.05) is 0 Å². The van der Waals surface area contributed by atoms with E-state index in [2.05, 4.69) is 20.5 Å². The highest BCUT2D eigenvalue weighted by Gasteiger charge is 2.29. The summed E-state index contributed by atoms with van der Waals surface area (Å²) in [7, 11) is 0. The zero-order valence-electron chi connectivity index (χ0n) is 10.1. The van der Waals surface area contributed by atoms with Crippen molar-refractivity contribution in [3.05, 3.63) is 22.0 Å². The molecule has 2 heterocycles. The molecular formula is C11H13N5O2S. The molecule has 1 aliphatic carbocycles. The standard InChI is InChI=1S/C11H13N5O2S/c12-4-3-8-13-7(5-19-8)9(17)14-11-16-15-10(18-11)6-1-2-6/h5-6H,1-4,12H2,(H,14,16,17). The van der Waals surface area contributed by atoms with Crippen LogP contribution in [0.5, 0.6) is 0 Å². The number of carbonyl (C=O) groups is 1. The van der Waals surface area contributed by atoms with Crippen LogP contribution in [0.2, 0.25) is 0 Å². The molecule has 8 heteroatoms. The Hall–Kier alpha value is -1.80. The maximum absolute atomic E-state index is 11.9. The SMILES string of the molecule is NCCc1nc(C(=O)Nc2nnc(C3CC3)o2)cs1. The minimum atomic E-state index is -0.342. The third kappa shape index (κ3) is 2.79. The highest BCUT2D eigenvalue weighted by Crippen LogP contribution is 2.39. The second kappa shape index (κ2) is 5.06. The zero-order valence-corrected chi connectivity index (χ0v) is 10.9. The molecule has 1 saturated carbocycles. The van der Waals surface area contributed by atoms with Gasteiger partial charge in [-0.3, -0.25) is 10.1 Å². The number of anilines is 1. The van der Waals surface area contributed by atoms with Crippen LogP contribution in [0.25, 0.3) is 0 Å². The first-order valence-electron chi connectivity index (χ1n) is 6.05. The van der Waals surface area contributed by atoms with Gasteiger partial charge >= 0.3 is 6.01 Å². The van der Waals surface area contributed by atoms with Crippen molar-refractivity contribution >= 4 is 23.3 Å².